The molecule has 76 valence electrons. The molecule has 1 aliphatic rings. The van der Waals surface area contributed by atoms with E-state index in [-0.39, 0.29) is 0 Å². The Bertz CT molecular complexity index is 344. The Kier molecular flexibility index (Phi) is 2.46. The number of rotatable bonds is 2. The summed E-state index contributed by atoms with van der Waals surface area (Å²) >= 11 is 0. The van der Waals surface area contributed by atoms with E-state index < -0.39 is 0 Å². The molecule has 2 nitrogen and oxygen atoms in total. The zero-order chi connectivity index (χ0) is 10.1. The van der Waals surface area contributed by atoms with Crippen LogP contribution in [0.5, 0.6) is 0 Å². The lowest BCUT2D eigenvalue weighted by molar-refractivity contribution is 0.682. The summed E-state index contributed by atoms with van der Waals surface area (Å²) < 4.78 is 0. The fourth-order valence-electron chi connectivity index (χ4n) is 2.45. The van der Waals surface area contributed by atoms with E-state index in [1.165, 1.54) is 22.4 Å². The van der Waals surface area contributed by atoms with Gasteiger partial charge in [0, 0.05) is 18.2 Å². The smallest absolute Gasteiger partial charge is 0.0381 e. The Labute approximate surface area is 85.5 Å². The lowest BCUT2D eigenvalue weighted by Gasteiger charge is -2.11. The number of hydrogen-bond donors (Lipinski definition) is 2. The summed E-state index contributed by atoms with van der Waals surface area (Å²) in [4.78, 5) is 0. The van der Waals surface area contributed by atoms with E-state index in [2.05, 4.69) is 31.3 Å². The normalized spacial score (nSPS) is 19.2. The summed E-state index contributed by atoms with van der Waals surface area (Å²) in [6.45, 7) is 6.17. The Morgan fingerprint density at radius 3 is 2.93 bits per heavy atom. The van der Waals surface area contributed by atoms with Gasteiger partial charge in [-0.3, -0.25) is 0 Å². The third-order valence-electron chi connectivity index (χ3n) is 2.99. The van der Waals surface area contributed by atoms with Crippen LogP contribution in [0.4, 0.5) is 5.69 Å². The van der Waals surface area contributed by atoms with Gasteiger partial charge < -0.3 is 11.1 Å². The minimum Gasteiger partial charge on any atom is -0.384 e. The van der Waals surface area contributed by atoms with Crippen molar-refractivity contribution in [2.75, 3.05) is 18.4 Å². The van der Waals surface area contributed by atoms with Gasteiger partial charge in [-0.2, -0.15) is 0 Å². The van der Waals surface area contributed by atoms with Crippen molar-refractivity contribution >= 4 is 5.69 Å². The molecular weight excluding hydrogens is 172 g/mol. The fraction of sp³-hybridized carbons (Fsp3) is 0.500. The van der Waals surface area contributed by atoms with Gasteiger partial charge in [-0.15, -0.1) is 0 Å². The Hall–Kier alpha value is -1.02. The number of anilines is 1. The Morgan fingerprint density at radius 1 is 1.43 bits per heavy atom. The van der Waals surface area contributed by atoms with Gasteiger partial charge in [-0.25, -0.2) is 0 Å². The van der Waals surface area contributed by atoms with Gasteiger partial charge in [0.1, 0.15) is 0 Å². The lowest BCUT2D eigenvalue weighted by atomic mass is 9.93. The van der Waals surface area contributed by atoms with E-state index in [1.54, 1.807) is 0 Å². The molecule has 2 rings (SSSR count). The van der Waals surface area contributed by atoms with Gasteiger partial charge >= 0.3 is 0 Å². The van der Waals surface area contributed by atoms with Crippen LogP contribution in [-0.4, -0.2) is 13.1 Å². The molecule has 0 radical (unpaired) electrons. The molecule has 14 heavy (non-hydrogen) atoms. The second-order valence-electron chi connectivity index (χ2n) is 4.20. The molecule has 0 amide bonds. The van der Waals surface area contributed by atoms with Crippen LogP contribution in [0.1, 0.15) is 29.0 Å². The van der Waals surface area contributed by atoms with Crippen LogP contribution in [-0.2, 0) is 0 Å². The third kappa shape index (κ3) is 1.50. The minimum absolute atomic E-state index is 0.621. The highest BCUT2D eigenvalue weighted by atomic mass is 14.9. The van der Waals surface area contributed by atoms with Crippen molar-refractivity contribution in [1.82, 2.24) is 0 Å². The van der Waals surface area contributed by atoms with Crippen LogP contribution >= 0.6 is 0 Å². The van der Waals surface area contributed by atoms with E-state index in [0.717, 1.165) is 19.5 Å². The maximum absolute atomic E-state index is 5.62. The number of nitrogens with one attached hydrogen (secondary N) is 1. The molecule has 0 fully saturated rings. The SMILES string of the molecule is Cc1cc(C)c2c(c1)NCC2CCN. The highest BCUT2D eigenvalue weighted by molar-refractivity contribution is 5.62. The molecule has 0 bridgehead atoms. The zero-order valence-corrected chi connectivity index (χ0v) is 8.93. The second kappa shape index (κ2) is 3.62. The first-order valence-corrected chi connectivity index (χ1v) is 5.27. The molecule has 1 heterocycles. The number of aryl methyl sites for hydroxylation is 2. The van der Waals surface area contributed by atoms with Crippen molar-refractivity contribution in [3.8, 4) is 0 Å². The van der Waals surface area contributed by atoms with Gasteiger partial charge in [0.2, 0.25) is 0 Å². The highest BCUT2D eigenvalue weighted by Gasteiger charge is 2.23. The largest absolute Gasteiger partial charge is 0.384 e. The van der Waals surface area contributed by atoms with E-state index in [1.807, 2.05) is 0 Å². The van der Waals surface area contributed by atoms with Gasteiger partial charge in [-0.05, 0) is 49.6 Å². The monoisotopic (exact) mass is 190 g/mol. The maximum atomic E-state index is 5.62. The summed E-state index contributed by atoms with van der Waals surface area (Å²) in [7, 11) is 0. The summed E-state index contributed by atoms with van der Waals surface area (Å²) in [6.07, 6.45) is 1.09. The van der Waals surface area contributed by atoms with Crippen LogP contribution in [0.2, 0.25) is 0 Å². The van der Waals surface area contributed by atoms with Gasteiger partial charge in [0.05, 0.1) is 0 Å². The Morgan fingerprint density at radius 2 is 2.21 bits per heavy atom. The molecule has 1 aromatic carbocycles. The molecule has 0 saturated carbocycles. The van der Waals surface area contributed by atoms with Crippen molar-refractivity contribution < 1.29 is 0 Å². The molecule has 0 spiro atoms. The van der Waals surface area contributed by atoms with E-state index in [9.17, 15) is 0 Å². The summed E-state index contributed by atoms with van der Waals surface area (Å²) in [5.74, 6) is 0.621. The standard InChI is InChI=1S/C12H18N2/c1-8-5-9(2)12-10(3-4-13)7-14-11(12)6-8/h5-6,10,14H,3-4,7,13H2,1-2H3. The van der Waals surface area contributed by atoms with Crippen LogP contribution in [0, 0.1) is 13.8 Å². The highest BCUT2D eigenvalue weighted by Crippen LogP contribution is 2.36. The number of fused-ring (bicyclic) bond motifs is 1. The van der Waals surface area contributed by atoms with Crippen molar-refractivity contribution in [1.29, 1.82) is 0 Å². The predicted octanol–water partition coefficient (Wildman–Crippen LogP) is 2.16. The number of nitrogens with two attached hydrogens (primary N) is 1. The molecule has 1 aromatic rings. The maximum Gasteiger partial charge on any atom is 0.0381 e. The number of benzene rings is 1. The summed E-state index contributed by atoms with van der Waals surface area (Å²) in [5, 5.41) is 3.46. The van der Waals surface area contributed by atoms with Crippen LogP contribution in [0.25, 0.3) is 0 Å². The molecule has 3 N–H and O–H groups in total. The van der Waals surface area contributed by atoms with Gasteiger partial charge in [0.25, 0.3) is 0 Å². The van der Waals surface area contributed by atoms with E-state index >= 15 is 0 Å². The first-order valence-electron chi connectivity index (χ1n) is 5.27. The van der Waals surface area contributed by atoms with Gasteiger partial charge in [-0.1, -0.05) is 6.07 Å². The predicted molar refractivity (Wildman–Crippen MR) is 60.8 cm³/mol. The van der Waals surface area contributed by atoms with Crippen LogP contribution < -0.4 is 11.1 Å². The molecule has 0 aliphatic carbocycles. The van der Waals surface area contributed by atoms with Gasteiger partial charge in [0.15, 0.2) is 0 Å². The molecule has 1 unspecified atom stereocenters. The minimum atomic E-state index is 0.621. The lowest BCUT2D eigenvalue weighted by Crippen LogP contribution is -2.09. The fourth-order valence-corrected chi connectivity index (χ4v) is 2.45. The van der Waals surface area contributed by atoms with Crippen molar-refractivity contribution in [2.24, 2.45) is 5.73 Å². The molecule has 0 aromatic heterocycles. The Balaban J connectivity index is 2.39. The van der Waals surface area contributed by atoms with Crippen molar-refractivity contribution in [2.45, 2.75) is 26.2 Å². The second-order valence-corrected chi connectivity index (χ2v) is 4.20. The first-order chi connectivity index (χ1) is 6.72. The molecule has 1 aliphatic heterocycles. The van der Waals surface area contributed by atoms with Crippen molar-refractivity contribution in [3.63, 3.8) is 0 Å². The third-order valence-corrected chi connectivity index (χ3v) is 2.99. The van der Waals surface area contributed by atoms with Crippen LogP contribution in [0.15, 0.2) is 12.1 Å². The topological polar surface area (TPSA) is 38.0 Å². The zero-order valence-electron chi connectivity index (χ0n) is 8.93. The molecular formula is C12H18N2. The summed E-state index contributed by atoms with van der Waals surface area (Å²) in [5.41, 5.74) is 11.2. The average molecular weight is 190 g/mol. The molecule has 1 atom stereocenters. The quantitative estimate of drug-likeness (QED) is 0.750. The average Bonchev–Trinajstić information content (AvgIpc) is 2.49. The van der Waals surface area contributed by atoms with E-state index in [0.29, 0.717) is 5.92 Å². The molecule has 2 heteroatoms. The van der Waals surface area contributed by atoms with Crippen LogP contribution in [0.3, 0.4) is 0 Å². The molecule has 0 saturated heterocycles. The number of hydrogen-bond acceptors (Lipinski definition) is 2. The van der Waals surface area contributed by atoms with Crippen molar-refractivity contribution in [3.05, 3.63) is 28.8 Å². The summed E-state index contributed by atoms with van der Waals surface area (Å²) in [6, 6.07) is 4.49. The van der Waals surface area contributed by atoms with E-state index in [4.69, 9.17) is 5.73 Å². The first kappa shape index (κ1) is 9.53.